The molecule has 0 aliphatic carbocycles. The number of benzene rings is 2. The molecule has 0 unspecified atom stereocenters. The number of carbonyl (C=O) groups is 1. The number of aryl methyl sites for hydroxylation is 1. The minimum absolute atomic E-state index is 0.00727. The first-order valence-corrected chi connectivity index (χ1v) is 6.60. The second-order valence-electron chi connectivity index (χ2n) is 4.77. The molecule has 0 saturated carbocycles. The molecule has 0 bridgehead atoms. The third-order valence-electron chi connectivity index (χ3n) is 3.40. The van der Waals surface area contributed by atoms with Crippen molar-refractivity contribution in [2.24, 2.45) is 0 Å². The van der Waals surface area contributed by atoms with Crippen LogP contribution in [0.15, 0.2) is 54.7 Å². The molecule has 1 amide bonds. The van der Waals surface area contributed by atoms with E-state index in [4.69, 9.17) is 0 Å². The molecular formula is C17H14N2O2. The zero-order valence-electron chi connectivity index (χ0n) is 11.5. The molecule has 2 N–H and O–H groups in total. The monoisotopic (exact) mass is 278 g/mol. The molecular weight excluding hydrogens is 264 g/mol. The first-order chi connectivity index (χ1) is 10.2. The summed E-state index contributed by atoms with van der Waals surface area (Å²) >= 11 is 0. The van der Waals surface area contributed by atoms with Crippen LogP contribution in [-0.2, 0) is 0 Å². The molecule has 0 atom stereocenters. The van der Waals surface area contributed by atoms with E-state index in [2.05, 4.69) is 10.3 Å². The van der Waals surface area contributed by atoms with Gasteiger partial charge in [-0.25, -0.2) is 0 Å². The Balaban J connectivity index is 1.99. The highest BCUT2D eigenvalue weighted by Crippen LogP contribution is 2.29. The number of hydrogen-bond acceptors (Lipinski definition) is 3. The average molecular weight is 278 g/mol. The van der Waals surface area contributed by atoms with Gasteiger partial charge < -0.3 is 10.4 Å². The van der Waals surface area contributed by atoms with E-state index >= 15 is 0 Å². The lowest BCUT2D eigenvalue weighted by molar-refractivity contribution is 0.102. The number of fused-ring (bicyclic) bond motifs is 1. The van der Waals surface area contributed by atoms with Crippen molar-refractivity contribution in [1.29, 1.82) is 0 Å². The zero-order chi connectivity index (χ0) is 14.8. The molecule has 2 aromatic carbocycles. The molecule has 0 fully saturated rings. The molecule has 0 aliphatic rings. The van der Waals surface area contributed by atoms with Crippen LogP contribution in [0.3, 0.4) is 0 Å². The number of aromatic hydroxyl groups is 1. The van der Waals surface area contributed by atoms with E-state index in [1.54, 1.807) is 30.5 Å². The van der Waals surface area contributed by atoms with Crippen LogP contribution in [-0.4, -0.2) is 16.0 Å². The SMILES string of the molecule is Cc1ncccc1NC(=O)c1ccc2ccccc2c1O. The Kier molecular flexibility index (Phi) is 3.28. The van der Waals surface area contributed by atoms with Crippen molar-refractivity contribution in [3.05, 3.63) is 66.0 Å². The van der Waals surface area contributed by atoms with Crippen LogP contribution < -0.4 is 5.32 Å². The first-order valence-electron chi connectivity index (χ1n) is 6.60. The summed E-state index contributed by atoms with van der Waals surface area (Å²) in [6.07, 6.45) is 1.67. The molecule has 0 aliphatic heterocycles. The lowest BCUT2D eigenvalue weighted by atomic mass is 10.0. The first kappa shape index (κ1) is 13.1. The lowest BCUT2D eigenvalue weighted by Crippen LogP contribution is -2.13. The molecule has 3 aromatic rings. The average Bonchev–Trinajstić information content (AvgIpc) is 2.50. The fraction of sp³-hybridized carbons (Fsp3) is 0.0588. The quantitative estimate of drug-likeness (QED) is 0.754. The van der Waals surface area contributed by atoms with Gasteiger partial charge in [0.1, 0.15) is 5.75 Å². The van der Waals surface area contributed by atoms with Gasteiger partial charge in [0.05, 0.1) is 16.9 Å². The summed E-state index contributed by atoms with van der Waals surface area (Å²) in [5.74, 6) is -0.360. The van der Waals surface area contributed by atoms with Crippen molar-refractivity contribution in [3.8, 4) is 5.75 Å². The standard InChI is InChI=1S/C17H14N2O2/c1-11-15(7-4-10-18-11)19-17(21)14-9-8-12-5-2-3-6-13(12)16(14)20/h2-10,20H,1H3,(H,19,21). The van der Waals surface area contributed by atoms with Gasteiger partial charge >= 0.3 is 0 Å². The smallest absolute Gasteiger partial charge is 0.259 e. The second kappa shape index (κ2) is 5.25. The van der Waals surface area contributed by atoms with Crippen molar-refractivity contribution in [1.82, 2.24) is 4.98 Å². The van der Waals surface area contributed by atoms with Crippen LogP contribution in [0.5, 0.6) is 5.75 Å². The number of rotatable bonds is 2. The Morgan fingerprint density at radius 3 is 2.71 bits per heavy atom. The van der Waals surface area contributed by atoms with Gasteiger partial charge in [0, 0.05) is 11.6 Å². The van der Waals surface area contributed by atoms with E-state index < -0.39 is 0 Å². The van der Waals surface area contributed by atoms with Crippen molar-refractivity contribution in [2.45, 2.75) is 6.92 Å². The molecule has 3 rings (SSSR count). The Labute approximate surface area is 122 Å². The number of pyridine rings is 1. The van der Waals surface area contributed by atoms with Crippen LogP contribution >= 0.6 is 0 Å². The molecule has 1 heterocycles. The minimum atomic E-state index is -0.352. The molecule has 0 spiro atoms. The van der Waals surface area contributed by atoms with Gasteiger partial charge in [0.25, 0.3) is 5.91 Å². The van der Waals surface area contributed by atoms with Crippen molar-refractivity contribution in [2.75, 3.05) is 5.32 Å². The van der Waals surface area contributed by atoms with Gasteiger partial charge in [-0.2, -0.15) is 0 Å². The van der Waals surface area contributed by atoms with E-state index in [0.29, 0.717) is 11.1 Å². The van der Waals surface area contributed by atoms with E-state index in [1.807, 2.05) is 31.2 Å². The third-order valence-corrected chi connectivity index (χ3v) is 3.40. The molecule has 104 valence electrons. The predicted molar refractivity (Wildman–Crippen MR) is 82.5 cm³/mol. The van der Waals surface area contributed by atoms with E-state index in [0.717, 1.165) is 11.1 Å². The van der Waals surface area contributed by atoms with Crippen molar-refractivity contribution in [3.63, 3.8) is 0 Å². The Morgan fingerprint density at radius 2 is 1.90 bits per heavy atom. The van der Waals surface area contributed by atoms with Crippen LogP contribution in [0.1, 0.15) is 16.1 Å². The number of phenols is 1. The van der Waals surface area contributed by atoms with Gasteiger partial charge in [0.15, 0.2) is 0 Å². The summed E-state index contributed by atoms with van der Waals surface area (Å²) < 4.78 is 0. The van der Waals surface area contributed by atoms with E-state index in [-0.39, 0.29) is 17.2 Å². The number of anilines is 1. The number of carbonyl (C=O) groups excluding carboxylic acids is 1. The van der Waals surface area contributed by atoms with Crippen LogP contribution in [0.4, 0.5) is 5.69 Å². The van der Waals surface area contributed by atoms with Crippen LogP contribution in [0.25, 0.3) is 10.8 Å². The predicted octanol–water partition coefficient (Wildman–Crippen LogP) is 3.50. The lowest BCUT2D eigenvalue weighted by Gasteiger charge is -2.10. The summed E-state index contributed by atoms with van der Waals surface area (Å²) in [6, 6.07) is 14.4. The summed E-state index contributed by atoms with van der Waals surface area (Å²) in [6.45, 7) is 1.82. The van der Waals surface area contributed by atoms with Gasteiger partial charge in [-0.3, -0.25) is 9.78 Å². The largest absolute Gasteiger partial charge is 0.506 e. The summed E-state index contributed by atoms with van der Waals surface area (Å²) in [4.78, 5) is 16.5. The number of nitrogens with one attached hydrogen (secondary N) is 1. The van der Waals surface area contributed by atoms with E-state index in [9.17, 15) is 9.90 Å². The minimum Gasteiger partial charge on any atom is -0.506 e. The van der Waals surface area contributed by atoms with Crippen molar-refractivity contribution < 1.29 is 9.90 Å². The Hall–Kier alpha value is -2.88. The molecule has 21 heavy (non-hydrogen) atoms. The molecule has 0 radical (unpaired) electrons. The number of aromatic nitrogens is 1. The zero-order valence-corrected chi connectivity index (χ0v) is 11.5. The fourth-order valence-corrected chi connectivity index (χ4v) is 2.24. The number of nitrogens with zero attached hydrogens (tertiary/aromatic N) is 1. The Morgan fingerprint density at radius 1 is 1.10 bits per heavy atom. The number of amides is 1. The third kappa shape index (κ3) is 2.43. The molecule has 4 heteroatoms. The second-order valence-corrected chi connectivity index (χ2v) is 4.77. The summed E-state index contributed by atoms with van der Waals surface area (Å²) in [5.41, 5.74) is 1.61. The summed E-state index contributed by atoms with van der Waals surface area (Å²) in [7, 11) is 0. The number of hydrogen-bond donors (Lipinski definition) is 2. The summed E-state index contributed by atoms with van der Waals surface area (Å²) in [5, 5.41) is 14.6. The Bertz CT molecular complexity index is 828. The molecule has 4 nitrogen and oxygen atoms in total. The maximum atomic E-state index is 12.3. The van der Waals surface area contributed by atoms with Gasteiger partial charge in [0.2, 0.25) is 0 Å². The van der Waals surface area contributed by atoms with Gasteiger partial charge in [-0.05, 0) is 30.5 Å². The molecule has 1 aromatic heterocycles. The number of phenolic OH excluding ortho intramolecular Hbond substituents is 1. The van der Waals surface area contributed by atoms with Crippen molar-refractivity contribution >= 4 is 22.4 Å². The molecule has 0 saturated heterocycles. The van der Waals surface area contributed by atoms with E-state index in [1.165, 1.54) is 0 Å². The highest BCUT2D eigenvalue weighted by Gasteiger charge is 2.14. The van der Waals surface area contributed by atoms with Gasteiger partial charge in [-0.15, -0.1) is 0 Å². The van der Waals surface area contributed by atoms with Crippen LogP contribution in [0, 0.1) is 6.92 Å². The van der Waals surface area contributed by atoms with Gasteiger partial charge in [-0.1, -0.05) is 30.3 Å². The maximum absolute atomic E-state index is 12.3. The fourth-order valence-electron chi connectivity index (χ4n) is 2.24. The topological polar surface area (TPSA) is 62.2 Å². The normalized spacial score (nSPS) is 10.5. The maximum Gasteiger partial charge on any atom is 0.259 e. The van der Waals surface area contributed by atoms with Crippen LogP contribution in [0.2, 0.25) is 0 Å². The highest BCUT2D eigenvalue weighted by atomic mass is 16.3. The highest BCUT2D eigenvalue weighted by molar-refractivity contribution is 6.10.